The van der Waals surface area contributed by atoms with E-state index in [-0.39, 0.29) is 18.2 Å². The summed E-state index contributed by atoms with van der Waals surface area (Å²) in [5.41, 5.74) is 5.27. The predicted octanol–water partition coefficient (Wildman–Crippen LogP) is 3.01. The number of aromatic nitrogens is 1. The molecule has 5 amide bonds. The molecular weight excluding hydrogens is 548 g/mol. The van der Waals surface area contributed by atoms with Crippen molar-refractivity contribution < 1.29 is 24.0 Å². The molecule has 11 heteroatoms. The first-order valence-corrected chi connectivity index (χ1v) is 15.7. The van der Waals surface area contributed by atoms with Crippen molar-refractivity contribution in [1.29, 1.82) is 0 Å². The minimum Gasteiger partial charge on any atom is -0.363 e. The molecule has 1 saturated heterocycles. The van der Waals surface area contributed by atoms with Crippen molar-refractivity contribution in [2.45, 2.75) is 122 Å². The van der Waals surface area contributed by atoms with Gasteiger partial charge in [-0.15, -0.1) is 0 Å². The van der Waals surface area contributed by atoms with E-state index < -0.39 is 52.7 Å². The summed E-state index contributed by atoms with van der Waals surface area (Å²) in [5, 5.41) is 8.90. The minimum atomic E-state index is -1.10. The fourth-order valence-electron chi connectivity index (χ4n) is 6.23. The van der Waals surface area contributed by atoms with Gasteiger partial charge in [-0.1, -0.05) is 60.3 Å². The van der Waals surface area contributed by atoms with Crippen molar-refractivity contribution in [3.8, 4) is 0 Å². The second kappa shape index (κ2) is 14.8. The Bertz CT molecular complexity index is 1140. The maximum absolute atomic E-state index is 14.0. The van der Waals surface area contributed by atoms with Crippen LogP contribution in [0.25, 0.3) is 0 Å². The molecule has 1 aromatic rings. The van der Waals surface area contributed by atoms with Gasteiger partial charge in [-0.3, -0.25) is 24.2 Å². The number of urea groups is 1. The Hall–Kier alpha value is -3.50. The number of nitrogens with two attached hydrogens (primary N) is 1. The quantitative estimate of drug-likeness (QED) is 0.270. The van der Waals surface area contributed by atoms with Gasteiger partial charge < -0.3 is 26.6 Å². The van der Waals surface area contributed by atoms with Crippen LogP contribution in [0.3, 0.4) is 0 Å². The molecule has 2 fully saturated rings. The fraction of sp³-hybridized carbons (Fsp3) is 0.688. The average Bonchev–Trinajstić information content (AvgIpc) is 3.45. The van der Waals surface area contributed by atoms with Crippen LogP contribution in [0.2, 0.25) is 0 Å². The highest BCUT2D eigenvalue weighted by molar-refractivity contribution is 6.37. The fourth-order valence-corrected chi connectivity index (χ4v) is 6.23. The molecule has 1 aliphatic carbocycles. The molecule has 2 heterocycles. The van der Waals surface area contributed by atoms with Crippen LogP contribution in [0.5, 0.6) is 0 Å². The van der Waals surface area contributed by atoms with Crippen molar-refractivity contribution in [3.63, 3.8) is 0 Å². The number of nitrogens with zero attached hydrogens (tertiary/aromatic N) is 2. The van der Waals surface area contributed by atoms with E-state index >= 15 is 0 Å². The van der Waals surface area contributed by atoms with Gasteiger partial charge in [-0.05, 0) is 67.6 Å². The molecule has 4 atom stereocenters. The van der Waals surface area contributed by atoms with Gasteiger partial charge in [0, 0.05) is 24.5 Å². The summed E-state index contributed by atoms with van der Waals surface area (Å²) in [4.78, 5) is 70.7. The number of ketones is 1. The molecule has 0 bridgehead atoms. The van der Waals surface area contributed by atoms with Crippen LogP contribution >= 0.6 is 0 Å². The highest BCUT2D eigenvalue weighted by Crippen LogP contribution is 2.32. The van der Waals surface area contributed by atoms with Crippen LogP contribution in [0.15, 0.2) is 24.5 Å². The lowest BCUT2D eigenvalue weighted by Crippen LogP contribution is -2.62. The smallest absolute Gasteiger partial charge is 0.315 e. The monoisotopic (exact) mass is 598 g/mol. The molecule has 5 N–H and O–H groups in total. The van der Waals surface area contributed by atoms with Crippen LogP contribution in [0.1, 0.15) is 98.0 Å². The van der Waals surface area contributed by atoms with Gasteiger partial charge in [0.25, 0.3) is 5.91 Å². The van der Waals surface area contributed by atoms with Crippen LogP contribution in [-0.4, -0.2) is 69.6 Å². The predicted molar refractivity (Wildman–Crippen MR) is 164 cm³/mol. The number of carbonyl (C=O) groups excluding carboxylic acids is 5. The van der Waals surface area contributed by atoms with Crippen LogP contribution in [0.4, 0.5) is 4.79 Å². The summed E-state index contributed by atoms with van der Waals surface area (Å²) in [7, 11) is 0. The topological polar surface area (TPSA) is 164 Å². The van der Waals surface area contributed by atoms with Gasteiger partial charge in [0.05, 0.1) is 6.04 Å². The van der Waals surface area contributed by atoms with E-state index in [0.717, 1.165) is 44.1 Å². The number of hydrogen-bond donors (Lipinski definition) is 4. The Kier molecular flexibility index (Phi) is 11.7. The summed E-state index contributed by atoms with van der Waals surface area (Å²) < 4.78 is 0. The number of hydrogen-bond acceptors (Lipinski definition) is 6. The van der Waals surface area contributed by atoms with Gasteiger partial charge in [-0.25, -0.2) is 4.79 Å². The van der Waals surface area contributed by atoms with Crippen molar-refractivity contribution >= 4 is 29.5 Å². The van der Waals surface area contributed by atoms with E-state index in [1.165, 1.54) is 4.90 Å². The zero-order chi connectivity index (χ0) is 31.8. The Morgan fingerprint density at radius 2 is 1.70 bits per heavy atom. The number of Topliss-reactive ketones (excluding diaryl/α,β-unsaturated/α-hetero) is 1. The van der Waals surface area contributed by atoms with Crippen molar-refractivity contribution in [3.05, 3.63) is 30.1 Å². The number of carbonyl (C=O) groups is 5. The van der Waals surface area contributed by atoms with Crippen LogP contribution in [-0.2, 0) is 25.6 Å². The third-order valence-electron chi connectivity index (χ3n) is 8.92. The molecule has 1 aliphatic heterocycles. The molecule has 1 saturated carbocycles. The molecule has 4 unspecified atom stereocenters. The van der Waals surface area contributed by atoms with Gasteiger partial charge in [0.15, 0.2) is 0 Å². The van der Waals surface area contributed by atoms with E-state index in [0.29, 0.717) is 25.8 Å². The van der Waals surface area contributed by atoms with E-state index in [9.17, 15) is 24.0 Å². The minimum absolute atomic E-state index is 0.0777. The Labute approximate surface area is 255 Å². The standard InChI is InChI=1S/C32H50N6O5/c1-6-21(2)19-23(25(39)27(33)40)35-28(41)24-11-10-18-38(24)29(42)26(31(3,4)5)36-30(43)37-32(14-8-7-9-15-32)20-22-12-16-34-17-13-22/h12-13,16-17,21,23-24,26H,6-11,14-15,18-20H2,1-5H3,(H2,33,40)(H,35,41)(H2,36,37,43). The molecule has 43 heavy (non-hydrogen) atoms. The number of rotatable bonds is 12. The molecule has 0 radical (unpaired) electrons. The molecule has 1 aromatic heterocycles. The summed E-state index contributed by atoms with van der Waals surface area (Å²) in [6.07, 6.45) is 11.0. The molecule has 2 aliphatic rings. The number of likely N-dealkylation sites (tertiary alicyclic amines) is 1. The first kappa shape index (κ1) is 34.0. The number of amides is 5. The highest BCUT2D eigenvalue weighted by atomic mass is 16.2. The molecule has 0 aromatic carbocycles. The van der Waals surface area contributed by atoms with Gasteiger partial charge in [-0.2, -0.15) is 0 Å². The number of nitrogens with one attached hydrogen (secondary N) is 3. The molecule has 238 valence electrons. The zero-order valence-corrected chi connectivity index (χ0v) is 26.4. The van der Waals surface area contributed by atoms with E-state index in [1.54, 1.807) is 12.4 Å². The van der Waals surface area contributed by atoms with Crippen molar-refractivity contribution in [2.75, 3.05) is 6.54 Å². The van der Waals surface area contributed by atoms with Crippen LogP contribution in [0, 0.1) is 11.3 Å². The first-order valence-electron chi connectivity index (χ1n) is 15.7. The Balaban J connectivity index is 1.75. The second-order valence-electron chi connectivity index (χ2n) is 13.5. The molecule has 0 spiro atoms. The maximum atomic E-state index is 14.0. The highest BCUT2D eigenvalue weighted by Gasteiger charge is 2.43. The van der Waals surface area contributed by atoms with E-state index in [4.69, 9.17) is 5.73 Å². The van der Waals surface area contributed by atoms with Gasteiger partial charge >= 0.3 is 6.03 Å². The Morgan fingerprint density at radius 1 is 1.05 bits per heavy atom. The molecular formula is C32H50N6O5. The summed E-state index contributed by atoms with van der Waals surface area (Å²) >= 11 is 0. The molecule has 3 rings (SSSR count). The van der Waals surface area contributed by atoms with E-state index in [2.05, 4.69) is 20.9 Å². The third-order valence-corrected chi connectivity index (χ3v) is 8.92. The SMILES string of the molecule is CCC(C)CC(NC(=O)C1CCCN1C(=O)C(NC(=O)NC1(Cc2ccncc2)CCCCC1)C(C)(C)C)C(=O)C(N)=O. The second-order valence-corrected chi connectivity index (χ2v) is 13.5. The maximum Gasteiger partial charge on any atom is 0.315 e. The van der Waals surface area contributed by atoms with Gasteiger partial charge in [0.1, 0.15) is 12.1 Å². The lowest BCUT2D eigenvalue weighted by molar-refractivity contribution is -0.143. The summed E-state index contributed by atoms with van der Waals surface area (Å²) in [5.74, 6) is -2.72. The number of primary amides is 1. The Morgan fingerprint density at radius 3 is 2.28 bits per heavy atom. The largest absolute Gasteiger partial charge is 0.363 e. The third kappa shape index (κ3) is 9.24. The lowest BCUT2D eigenvalue weighted by atomic mass is 9.77. The first-order chi connectivity index (χ1) is 20.3. The van der Waals surface area contributed by atoms with E-state index in [1.807, 2.05) is 46.8 Å². The van der Waals surface area contributed by atoms with Crippen LogP contribution < -0.4 is 21.7 Å². The van der Waals surface area contributed by atoms with Gasteiger partial charge in [0.2, 0.25) is 17.6 Å². The lowest BCUT2D eigenvalue weighted by Gasteiger charge is -2.40. The van der Waals surface area contributed by atoms with Crippen molar-refractivity contribution in [1.82, 2.24) is 25.8 Å². The number of pyridine rings is 1. The van der Waals surface area contributed by atoms with Crippen molar-refractivity contribution in [2.24, 2.45) is 17.1 Å². The summed E-state index contributed by atoms with van der Waals surface area (Å²) in [6, 6.07) is 0.738. The average molecular weight is 599 g/mol. The normalized spacial score (nSPS) is 20.4. The molecule has 11 nitrogen and oxygen atoms in total. The zero-order valence-electron chi connectivity index (χ0n) is 26.4. The summed E-state index contributed by atoms with van der Waals surface area (Å²) in [6.45, 7) is 9.86.